The topological polar surface area (TPSA) is 112 Å². The molecule has 2 N–H and O–H groups in total. The summed E-state index contributed by atoms with van der Waals surface area (Å²) >= 11 is 0. The zero-order chi connectivity index (χ0) is 25.1. The number of nitriles is 1. The maximum Gasteiger partial charge on any atom is 0.407 e. The largest absolute Gasteiger partial charge is 0.407 e. The molecule has 13 heteroatoms. The minimum absolute atomic E-state index is 0.113. The van der Waals surface area contributed by atoms with Crippen LogP contribution < -0.4 is 10.6 Å². The van der Waals surface area contributed by atoms with Gasteiger partial charge in [-0.3, -0.25) is 10.1 Å². The van der Waals surface area contributed by atoms with Crippen LogP contribution in [0.15, 0.2) is 24.3 Å². The fourth-order valence-electron chi connectivity index (χ4n) is 3.99. The van der Waals surface area contributed by atoms with Crippen LogP contribution in [0.1, 0.15) is 37.3 Å². The zero-order valence-electron chi connectivity index (χ0n) is 18.4. The van der Waals surface area contributed by atoms with Crippen molar-refractivity contribution < 1.29 is 35.5 Å². The summed E-state index contributed by atoms with van der Waals surface area (Å²) in [6, 6.07) is 0.668. The van der Waals surface area contributed by atoms with Gasteiger partial charge in [0.15, 0.2) is 0 Å². The first-order valence-electron chi connectivity index (χ1n) is 10.7. The first-order chi connectivity index (χ1) is 15.9. The van der Waals surface area contributed by atoms with E-state index in [1.165, 1.54) is 7.11 Å². The summed E-state index contributed by atoms with van der Waals surface area (Å²) in [5, 5.41) is 13.8. The summed E-state index contributed by atoms with van der Waals surface area (Å²) in [4.78, 5) is 12.9. The number of sulfonamides is 1. The normalized spacial score (nSPS) is 22.1. The Morgan fingerprint density at radius 1 is 1.32 bits per heavy atom. The second-order valence-corrected chi connectivity index (χ2v) is 10.5. The Bertz CT molecular complexity index is 1020. The number of methoxy groups -OCH3 is 1. The van der Waals surface area contributed by atoms with Crippen molar-refractivity contribution in [3.8, 4) is 6.07 Å². The molecule has 0 radical (unpaired) electrons. The van der Waals surface area contributed by atoms with Crippen molar-refractivity contribution in [2.24, 2.45) is 0 Å². The number of amides is 1. The van der Waals surface area contributed by atoms with Crippen LogP contribution in [0.25, 0.3) is 0 Å². The van der Waals surface area contributed by atoms with Crippen LogP contribution in [0.2, 0.25) is 0 Å². The molecule has 1 saturated heterocycles. The van der Waals surface area contributed by atoms with Gasteiger partial charge in [0.05, 0.1) is 18.4 Å². The molecule has 0 aromatic heterocycles. The van der Waals surface area contributed by atoms with Gasteiger partial charge in [-0.05, 0) is 43.4 Å². The Balaban J connectivity index is 1.90. The zero-order valence-corrected chi connectivity index (χ0v) is 19.3. The SMILES string of the molecule is COCC1CCCN1S(=O)(=O)CC(N[C@H](c1ccc(F)cc1)C(F)(F)F)C(=O)NC1(C#N)CC1. The fourth-order valence-corrected chi connectivity index (χ4v) is 5.88. The lowest BCUT2D eigenvalue weighted by Gasteiger charge is -2.30. The first kappa shape index (κ1) is 26.3. The lowest BCUT2D eigenvalue weighted by atomic mass is 10.0. The Morgan fingerprint density at radius 2 is 1.97 bits per heavy atom. The molecule has 1 heterocycles. The van der Waals surface area contributed by atoms with Gasteiger partial charge in [0.25, 0.3) is 0 Å². The molecule has 1 aliphatic carbocycles. The van der Waals surface area contributed by atoms with Gasteiger partial charge in [0, 0.05) is 19.7 Å². The number of carbonyl (C=O) groups is 1. The molecule has 1 aliphatic heterocycles. The van der Waals surface area contributed by atoms with Crippen molar-refractivity contribution >= 4 is 15.9 Å². The average molecular weight is 507 g/mol. The molecule has 2 aliphatic rings. The highest BCUT2D eigenvalue weighted by Gasteiger charge is 2.49. The van der Waals surface area contributed by atoms with Crippen molar-refractivity contribution in [2.75, 3.05) is 26.0 Å². The highest BCUT2D eigenvalue weighted by molar-refractivity contribution is 7.89. The third-order valence-corrected chi connectivity index (χ3v) is 7.91. The molecular weight excluding hydrogens is 480 g/mol. The molecule has 1 aromatic rings. The minimum Gasteiger partial charge on any atom is -0.383 e. The number of ether oxygens (including phenoxy) is 1. The fraction of sp³-hybridized carbons (Fsp3) is 0.619. The van der Waals surface area contributed by atoms with Crippen molar-refractivity contribution in [2.45, 2.75) is 55.5 Å². The summed E-state index contributed by atoms with van der Waals surface area (Å²) < 4.78 is 87.6. The Morgan fingerprint density at radius 3 is 2.50 bits per heavy atom. The van der Waals surface area contributed by atoms with E-state index in [2.05, 4.69) is 10.6 Å². The van der Waals surface area contributed by atoms with Gasteiger partial charge < -0.3 is 10.1 Å². The molecule has 1 amide bonds. The third-order valence-electron chi connectivity index (χ3n) is 5.96. The second kappa shape index (κ2) is 10.2. The summed E-state index contributed by atoms with van der Waals surface area (Å²) in [6.45, 7) is 0.273. The van der Waals surface area contributed by atoms with E-state index in [4.69, 9.17) is 4.74 Å². The summed E-state index contributed by atoms with van der Waals surface area (Å²) in [7, 11) is -2.77. The van der Waals surface area contributed by atoms with Crippen LogP contribution in [-0.4, -0.2) is 68.4 Å². The average Bonchev–Trinajstić information content (AvgIpc) is 3.36. The highest BCUT2D eigenvalue weighted by Crippen LogP contribution is 2.36. The number of halogens is 4. The van der Waals surface area contributed by atoms with Crippen molar-refractivity contribution in [1.82, 2.24) is 14.9 Å². The van der Waals surface area contributed by atoms with Crippen LogP contribution in [0.5, 0.6) is 0 Å². The molecule has 3 rings (SSSR count). The maximum absolute atomic E-state index is 13.9. The predicted octanol–water partition coefficient (Wildman–Crippen LogP) is 2.00. The monoisotopic (exact) mass is 506 g/mol. The Kier molecular flexibility index (Phi) is 7.86. The van der Waals surface area contributed by atoms with Crippen molar-refractivity contribution in [3.05, 3.63) is 35.6 Å². The van der Waals surface area contributed by atoms with Gasteiger partial charge in [-0.2, -0.15) is 22.7 Å². The number of benzene rings is 1. The third kappa shape index (κ3) is 6.24. The lowest BCUT2D eigenvalue weighted by Crippen LogP contribution is -2.56. The number of carbonyl (C=O) groups excluding carboxylic acids is 1. The van der Waals surface area contributed by atoms with Gasteiger partial charge >= 0.3 is 6.18 Å². The van der Waals surface area contributed by atoms with Crippen LogP contribution in [0, 0.1) is 17.1 Å². The van der Waals surface area contributed by atoms with Crippen molar-refractivity contribution in [1.29, 1.82) is 5.26 Å². The summed E-state index contributed by atoms with van der Waals surface area (Å²) in [6.07, 6.45) is -3.21. The molecule has 0 spiro atoms. The number of hydrogen-bond donors (Lipinski definition) is 2. The standard InChI is InChI=1S/C21H26F4N4O4S/c1-33-11-16-3-2-10-29(16)34(31,32)12-17(19(30)28-20(13-26)8-9-20)27-18(21(23,24)25)14-4-6-15(22)7-5-14/h4-7,16-18,27H,2-3,8-12H2,1H3,(H,28,30)/t16?,17?,18-/m1/s1. The van der Waals surface area contributed by atoms with E-state index in [0.29, 0.717) is 25.7 Å². The van der Waals surface area contributed by atoms with Gasteiger partial charge in [0.1, 0.15) is 23.4 Å². The molecular formula is C21H26F4N4O4S. The van der Waals surface area contributed by atoms with Gasteiger partial charge in [-0.15, -0.1) is 0 Å². The summed E-state index contributed by atoms with van der Waals surface area (Å²) in [5.41, 5.74) is -1.60. The number of nitrogens with zero attached hydrogens (tertiary/aromatic N) is 2. The van der Waals surface area contributed by atoms with Crippen LogP contribution in [0.3, 0.4) is 0 Å². The van der Waals surface area contributed by atoms with Crippen LogP contribution in [-0.2, 0) is 19.6 Å². The smallest absolute Gasteiger partial charge is 0.383 e. The quantitative estimate of drug-likeness (QED) is 0.470. The van der Waals surface area contributed by atoms with Gasteiger partial charge in [-0.25, -0.2) is 12.8 Å². The van der Waals surface area contributed by atoms with E-state index < -0.39 is 57.3 Å². The summed E-state index contributed by atoms with van der Waals surface area (Å²) in [5.74, 6) is -2.72. The predicted molar refractivity (Wildman–Crippen MR) is 113 cm³/mol. The van der Waals surface area contributed by atoms with Gasteiger partial charge in [0.2, 0.25) is 15.9 Å². The minimum atomic E-state index is -4.92. The highest BCUT2D eigenvalue weighted by atomic mass is 32.2. The lowest BCUT2D eigenvalue weighted by molar-refractivity contribution is -0.160. The number of nitrogens with one attached hydrogen (secondary N) is 2. The van der Waals surface area contributed by atoms with E-state index in [0.717, 1.165) is 28.6 Å². The van der Waals surface area contributed by atoms with Gasteiger partial charge in [-0.1, -0.05) is 12.1 Å². The number of rotatable bonds is 10. The Hall–Kier alpha value is -2.27. The molecule has 188 valence electrons. The molecule has 2 unspecified atom stereocenters. The van der Waals surface area contributed by atoms with E-state index in [-0.39, 0.29) is 18.7 Å². The second-order valence-electron chi connectivity index (χ2n) is 8.57. The molecule has 8 nitrogen and oxygen atoms in total. The molecule has 2 fully saturated rings. The molecule has 1 aromatic carbocycles. The van der Waals surface area contributed by atoms with Crippen LogP contribution in [0.4, 0.5) is 17.6 Å². The first-order valence-corrected chi connectivity index (χ1v) is 12.3. The van der Waals surface area contributed by atoms with E-state index >= 15 is 0 Å². The molecule has 3 atom stereocenters. The van der Waals surface area contributed by atoms with E-state index in [1.54, 1.807) is 0 Å². The molecule has 0 bridgehead atoms. The van der Waals surface area contributed by atoms with Crippen molar-refractivity contribution in [3.63, 3.8) is 0 Å². The molecule has 34 heavy (non-hydrogen) atoms. The maximum atomic E-state index is 13.9. The van der Waals surface area contributed by atoms with Crippen LogP contribution >= 0.6 is 0 Å². The Labute approximate surface area is 195 Å². The number of alkyl halides is 3. The molecule has 1 saturated carbocycles. The van der Waals surface area contributed by atoms with E-state index in [1.807, 2.05) is 6.07 Å². The van der Waals surface area contributed by atoms with E-state index in [9.17, 15) is 36.0 Å². The number of hydrogen-bond acceptors (Lipinski definition) is 6.